The van der Waals surface area contributed by atoms with Crippen molar-refractivity contribution < 1.29 is 10.2 Å². The molecule has 1 saturated heterocycles. The summed E-state index contributed by atoms with van der Waals surface area (Å²) >= 11 is 0. The molecule has 2 N–H and O–H groups in total. The Labute approximate surface area is 147 Å². The van der Waals surface area contributed by atoms with Crippen LogP contribution < -0.4 is 4.90 Å². The minimum atomic E-state index is -0.0615. The van der Waals surface area contributed by atoms with E-state index < -0.39 is 0 Å². The summed E-state index contributed by atoms with van der Waals surface area (Å²) in [5, 5.41) is 18.3. The van der Waals surface area contributed by atoms with Crippen LogP contribution in [0.2, 0.25) is 0 Å². The lowest BCUT2D eigenvalue weighted by atomic mass is 10.3. The summed E-state index contributed by atoms with van der Waals surface area (Å²) in [7, 11) is 0. The second-order valence-electron chi connectivity index (χ2n) is 6.14. The molecule has 0 spiro atoms. The first-order valence-corrected chi connectivity index (χ1v) is 8.52. The maximum atomic E-state index is 9.28. The van der Waals surface area contributed by atoms with Crippen LogP contribution in [0.5, 0.6) is 0 Å². The van der Waals surface area contributed by atoms with Crippen LogP contribution in [0.15, 0.2) is 18.3 Å². The van der Waals surface area contributed by atoms with Gasteiger partial charge in [0.25, 0.3) is 0 Å². The topological polar surface area (TPSA) is 98.5 Å². The molecule has 25 heavy (non-hydrogen) atoms. The zero-order chi connectivity index (χ0) is 17.6. The van der Waals surface area contributed by atoms with Crippen molar-refractivity contribution in [3.8, 4) is 0 Å². The van der Waals surface area contributed by atoms with E-state index in [9.17, 15) is 5.11 Å². The van der Waals surface area contributed by atoms with Crippen molar-refractivity contribution in [2.45, 2.75) is 26.5 Å². The zero-order valence-electron chi connectivity index (χ0n) is 14.5. The van der Waals surface area contributed by atoms with Gasteiger partial charge in [0.2, 0.25) is 0 Å². The van der Waals surface area contributed by atoms with E-state index >= 15 is 0 Å². The van der Waals surface area contributed by atoms with Crippen molar-refractivity contribution in [1.29, 1.82) is 0 Å². The van der Waals surface area contributed by atoms with E-state index in [1.54, 1.807) is 12.3 Å². The van der Waals surface area contributed by atoms with E-state index in [0.29, 0.717) is 24.5 Å². The van der Waals surface area contributed by atoms with E-state index in [1.165, 1.54) is 0 Å². The lowest BCUT2D eigenvalue weighted by molar-refractivity contribution is 0.240. The highest BCUT2D eigenvalue weighted by atomic mass is 16.3. The van der Waals surface area contributed by atoms with Gasteiger partial charge in [-0.1, -0.05) is 0 Å². The molecule has 0 amide bonds. The molecule has 2 aromatic heterocycles. The minimum Gasteiger partial charge on any atom is -0.396 e. The van der Waals surface area contributed by atoms with E-state index in [-0.39, 0.29) is 13.2 Å². The number of rotatable bonds is 6. The SMILES string of the molecule is Cc1cc(CO)nc(CN2CCN(c3ccnc(CCO)n3)CC2)n1. The minimum absolute atomic E-state index is 0.0591. The van der Waals surface area contributed by atoms with Crippen molar-refractivity contribution in [2.24, 2.45) is 0 Å². The standard InChI is InChI=1S/C17H24N6O2/c1-13-10-14(12-25)20-16(19-13)11-22-5-7-23(8-6-22)17-2-4-18-15(21-17)3-9-24/h2,4,10,24-25H,3,5-9,11-12H2,1H3. The van der Waals surface area contributed by atoms with Gasteiger partial charge in [0.15, 0.2) is 0 Å². The second-order valence-corrected chi connectivity index (χ2v) is 6.14. The van der Waals surface area contributed by atoms with Gasteiger partial charge in [-0.25, -0.2) is 19.9 Å². The Morgan fingerprint density at radius 2 is 1.84 bits per heavy atom. The largest absolute Gasteiger partial charge is 0.396 e. The van der Waals surface area contributed by atoms with Gasteiger partial charge in [-0.15, -0.1) is 0 Å². The average molecular weight is 344 g/mol. The fourth-order valence-electron chi connectivity index (χ4n) is 2.97. The van der Waals surface area contributed by atoms with Gasteiger partial charge in [-0.3, -0.25) is 4.90 Å². The third-order valence-corrected chi connectivity index (χ3v) is 4.20. The maximum Gasteiger partial charge on any atom is 0.142 e. The molecule has 3 rings (SSSR count). The fraction of sp³-hybridized carbons (Fsp3) is 0.529. The zero-order valence-corrected chi connectivity index (χ0v) is 14.5. The van der Waals surface area contributed by atoms with Crippen LogP contribution in [0, 0.1) is 6.92 Å². The fourth-order valence-corrected chi connectivity index (χ4v) is 2.97. The van der Waals surface area contributed by atoms with Gasteiger partial charge in [-0.05, 0) is 19.1 Å². The van der Waals surface area contributed by atoms with E-state index in [1.807, 2.05) is 13.0 Å². The smallest absolute Gasteiger partial charge is 0.142 e. The van der Waals surface area contributed by atoms with Crippen molar-refractivity contribution in [3.05, 3.63) is 41.4 Å². The molecule has 1 aliphatic rings. The monoisotopic (exact) mass is 344 g/mol. The van der Waals surface area contributed by atoms with Gasteiger partial charge >= 0.3 is 0 Å². The molecule has 8 heteroatoms. The van der Waals surface area contributed by atoms with Gasteiger partial charge in [0.05, 0.1) is 25.5 Å². The van der Waals surface area contributed by atoms with Crippen LogP contribution in [0.4, 0.5) is 5.82 Å². The van der Waals surface area contributed by atoms with Crippen LogP contribution in [0.1, 0.15) is 23.0 Å². The Morgan fingerprint density at radius 3 is 2.56 bits per heavy atom. The summed E-state index contributed by atoms with van der Waals surface area (Å²) in [6, 6.07) is 3.72. The summed E-state index contributed by atoms with van der Waals surface area (Å²) in [6.07, 6.45) is 2.22. The number of nitrogens with zero attached hydrogens (tertiary/aromatic N) is 6. The molecule has 1 aliphatic heterocycles. The normalized spacial score (nSPS) is 15.6. The third-order valence-electron chi connectivity index (χ3n) is 4.20. The molecule has 0 atom stereocenters. The highest BCUT2D eigenvalue weighted by Crippen LogP contribution is 2.14. The summed E-state index contributed by atoms with van der Waals surface area (Å²) in [6.45, 7) is 6.12. The summed E-state index contributed by atoms with van der Waals surface area (Å²) in [5.74, 6) is 2.34. The highest BCUT2D eigenvalue weighted by Gasteiger charge is 2.19. The first kappa shape index (κ1) is 17.7. The molecule has 0 bridgehead atoms. The number of hydrogen-bond donors (Lipinski definition) is 2. The molecule has 8 nitrogen and oxygen atoms in total. The Balaban J connectivity index is 1.58. The third kappa shape index (κ3) is 4.68. The summed E-state index contributed by atoms with van der Waals surface area (Å²) in [5.41, 5.74) is 1.55. The number of aryl methyl sites for hydroxylation is 1. The molecule has 0 radical (unpaired) electrons. The van der Waals surface area contributed by atoms with Crippen LogP contribution in [-0.4, -0.2) is 67.8 Å². The van der Waals surface area contributed by atoms with Gasteiger partial charge in [0.1, 0.15) is 17.5 Å². The molecular formula is C17H24N6O2. The number of anilines is 1. The van der Waals surface area contributed by atoms with Crippen molar-refractivity contribution in [2.75, 3.05) is 37.7 Å². The predicted octanol–water partition coefficient (Wildman–Crippen LogP) is -0.0757. The first-order valence-electron chi connectivity index (χ1n) is 8.52. The molecule has 134 valence electrons. The van der Waals surface area contributed by atoms with Gasteiger partial charge in [0, 0.05) is 44.5 Å². The molecule has 0 aliphatic carbocycles. The quantitative estimate of drug-likeness (QED) is 0.751. The number of aromatic nitrogens is 4. The number of piperazine rings is 1. The molecule has 0 aromatic carbocycles. The lowest BCUT2D eigenvalue weighted by Crippen LogP contribution is -2.46. The van der Waals surface area contributed by atoms with E-state index in [2.05, 4.69) is 29.7 Å². The van der Waals surface area contributed by atoms with Crippen LogP contribution >= 0.6 is 0 Å². The molecule has 3 heterocycles. The van der Waals surface area contributed by atoms with Crippen LogP contribution in [0.3, 0.4) is 0 Å². The number of hydrogen-bond acceptors (Lipinski definition) is 8. The van der Waals surface area contributed by atoms with Gasteiger partial charge in [-0.2, -0.15) is 0 Å². The van der Waals surface area contributed by atoms with E-state index in [4.69, 9.17) is 5.11 Å². The lowest BCUT2D eigenvalue weighted by Gasteiger charge is -2.35. The number of aliphatic hydroxyl groups is 2. The predicted molar refractivity (Wildman–Crippen MR) is 93.0 cm³/mol. The maximum absolute atomic E-state index is 9.28. The highest BCUT2D eigenvalue weighted by molar-refractivity contribution is 5.38. The Hall–Kier alpha value is -2.16. The Kier molecular flexibility index (Phi) is 5.85. The first-order chi connectivity index (χ1) is 12.2. The van der Waals surface area contributed by atoms with Crippen molar-refractivity contribution in [3.63, 3.8) is 0 Å². The summed E-state index contributed by atoms with van der Waals surface area (Å²) in [4.78, 5) is 22.1. The van der Waals surface area contributed by atoms with Crippen molar-refractivity contribution >= 4 is 5.82 Å². The molecule has 2 aromatic rings. The van der Waals surface area contributed by atoms with Gasteiger partial charge < -0.3 is 15.1 Å². The average Bonchev–Trinajstić information content (AvgIpc) is 2.62. The Bertz CT molecular complexity index is 703. The van der Waals surface area contributed by atoms with Crippen molar-refractivity contribution in [1.82, 2.24) is 24.8 Å². The Morgan fingerprint density at radius 1 is 1.04 bits per heavy atom. The number of aliphatic hydroxyl groups excluding tert-OH is 2. The summed E-state index contributed by atoms with van der Waals surface area (Å²) < 4.78 is 0. The van der Waals surface area contributed by atoms with Crippen LogP contribution in [0.25, 0.3) is 0 Å². The molecule has 0 unspecified atom stereocenters. The molecular weight excluding hydrogens is 320 g/mol. The molecule has 0 saturated carbocycles. The second kappa shape index (κ2) is 8.28. The van der Waals surface area contributed by atoms with Crippen LogP contribution in [-0.2, 0) is 19.6 Å². The molecule has 1 fully saturated rings. The van der Waals surface area contributed by atoms with E-state index in [0.717, 1.165) is 43.5 Å².